The number of hydrazine groups is 1. The van der Waals surface area contributed by atoms with E-state index in [-0.39, 0.29) is 6.04 Å². The Morgan fingerprint density at radius 3 is 2.81 bits per heavy atom. The molecule has 1 aromatic carbocycles. The van der Waals surface area contributed by atoms with Crippen molar-refractivity contribution in [3.05, 3.63) is 29.8 Å². The van der Waals surface area contributed by atoms with Crippen molar-refractivity contribution < 1.29 is 4.79 Å². The SMILES string of the molecule is CC(C)c1ccccc1N1CCC(C=O)N1. The maximum atomic E-state index is 10.7. The Labute approximate surface area is 96.4 Å². The van der Waals surface area contributed by atoms with Gasteiger partial charge >= 0.3 is 0 Å². The summed E-state index contributed by atoms with van der Waals surface area (Å²) >= 11 is 0. The number of hydrogen-bond donors (Lipinski definition) is 1. The summed E-state index contributed by atoms with van der Waals surface area (Å²) in [5, 5.41) is 2.09. The second kappa shape index (κ2) is 4.66. The summed E-state index contributed by atoms with van der Waals surface area (Å²) < 4.78 is 0. The maximum Gasteiger partial charge on any atom is 0.138 e. The molecule has 1 aliphatic heterocycles. The first-order valence-corrected chi connectivity index (χ1v) is 5.80. The Bertz CT molecular complexity index is 376. The molecule has 2 rings (SSSR count). The van der Waals surface area contributed by atoms with E-state index in [1.807, 2.05) is 6.07 Å². The molecule has 16 heavy (non-hydrogen) atoms. The Morgan fingerprint density at radius 2 is 2.19 bits per heavy atom. The van der Waals surface area contributed by atoms with E-state index >= 15 is 0 Å². The lowest BCUT2D eigenvalue weighted by molar-refractivity contribution is -0.109. The van der Waals surface area contributed by atoms with Crippen LogP contribution in [-0.2, 0) is 4.79 Å². The van der Waals surface area contributed by atoms with E-state index in [0.29, 0.717) is 5.92 Å². The van der Waals surface area contributed by atoms with Crippen LogP contribution in [0.1, 0.15) is 31.7 Å². The van der Waals surface area contributed by atoms with Crippen molar-refractivity contribution in [3.8, 4) is 0 Å². The fraction of sp³-hybridized carbons (Fsp3) is 0.462. The minimum atomic E-state index is -0.0276. The number of anilines is 1. The molecule has 1 aromatic rings. The summed E-state index contributed by atoms with van der Waals surface area (Å²) in [6.45, 7) is 5.27. The van der Waals surface area contributed by atoms with Gasteiger partial charge < -0.3 is 9.80 Å². The minimum Gasteiger partial charge on any atom is -0.307 e. The van der Waals surface area contributed by atoms with E-state index in [0.717, 1.165) is 19.3 Å². The van der Waals surface area contributed by atoms with Gasteiger partial charge in [0.05, 0.1) is 11.7 Å². The van der Waals surface area contributed by atoms with Crippen LogP contribution in [-0.4, -0.2) is 18.9 Å². The van der Waals surface area contributed by atoms with Crippen molar-refractivity contribution in [3.63, 3.8) is 0 Å². The molecule has 0 amide bonds. The molecule has 0 bridgehead atoms. The van der Waals surface area contributed by atoms with Crippen molar-refractivity contribution in [2.75, 3.05) is 11.6 Å². The summed E-state index contributed by atoms with van der Waals surface area (Å²) in [6, 6.07) is 8.33. The third-order valence-electron chi connectivity index (χ3n) is 3.00. The maximum absolute atomic E-state index is 10.7. The van der Waals surface area contributed by atoms with E-state index in [9.17, 15) is 4.79 Å². The quantitative estimate of drug-likeness (QED) is 0.788. The van der Waals surface area contributed by atoms with Crippen LogP contribution < -0.4 is 10.4 Å². The zero-order valence-corrected chi connectivity index (χ0v) is 9.81. The Morgan fingerprint density at radius 1 is 1.44 bits per heavy atom. The zero-order chi connectivity index (χ0) is 11.5. The van der Waals surface area contributed by atoms with E-state index in [2.05, 4.69) is 42.5 Å². The molecule has 0 saturated carbocycles. The summed E-state index contributed by atoms with van der Waals surface area (Å²) in [7, 11) is 0. The molecule has 1 aliphatic rings. The van der Waals surface area contributed by atoms with Gasteiger partial charge in [-0.05, 0) is 24.0 Å². The summed E-state index contributed by atoms with van der Waals surface area (Å²) in [5.41, 5.74) is 5.73. The highest BCUT2D eigenvalue weighted by molar-refractivity contribution is 5.62. The number of nitrogens with one attached hydrogen (secondary N) is 1. The lowest BCUT2D eigenvalue weighted by Crippen LogP contribution is -2.36. The first-order chi connectivity index (χ1) is 7.72. The normalized spacial score (nSPS) is 20.4. The van der Waals surface area contributed by atoms with Crippen molar-refractivity contribution in [1.82, 2.24) is 5.43 Å². The summed E-state index contributed by atoms with van der Waals surface area (Å²) in [4.78, 5) is 10.7. The van der Waals surface area contributed by atoms with Gasteiger partial charge in [0, 0.05) is 6.54 Å². The smallest absolute Gasteiger partial charge is 0.138 e. The molecule has 1 fully saturated rings. The third kappa shape index (κ3) is 2.09. The lowest BCUT2D eigenvalue weighted by atomic mass is 10.0. The minimum absolute atomic E-state index is 0.0276. The molecule has 1 unspecified atom stereocenters. The number of benzene rings is 1. The predicted octanol–water partition coefficient (Wildman–Crippen LogP) is 2.09. The second-order valence-corrected chi connectivity index (χ2v) is 4.53. The summed E-state index contributed by atoms with van der Waals surface area (Å²) in [5.74, 6) is 0.494. The van der Waals surface area contributed by atoms with Crippen LogP contribution in [0.4, 0.5) is 5.69 Å². The van der Waals surface area contributed by atoms with Crippen LogP contribution in [0.5, 0.6) is 0 Å². The number of hydrogen-bond acceptors (Lipinski definition) is 3. The molecule has 1 atom stereocenters. The molecule has 0 spiro atoms. The first-order valence-electron chi connectivity index (χ1n) is 5.80. The van der Waals surface area contributed by atoms with Gasteiger partial charge in [0.15, 0.2) is 0 Å². The van der Waals surface area contributed by atoms with Crippen molar-refractivity contribution in [1.29, 1.82) is 0 Å². The van der Waals surface area contributed by atoms with Crippen molar-refractivity contribution in [2.45, 2.75) is 32.2 Å². The highest BCUT2D eigenvalue weighted by Crippen LogP contribution is 2.28. The molecular weight excluding hydrogens is 200 g/mol. The molecule has 3 heteroatoms. The Hall–Kier alpha value is -1.35. The van der Waals surface area contributed by atoms with Crippen LogP contribution >= 0.6 is 0 Å². The van der Waals surface area contributed by atoms with Crippen molar-refractivity contribution >= 4 is 12.0 Å². The van der Waals surface area contributed by atoms with Gasteiger partial charge in [-0.2, -0.15) is 0 Å². The number of para-hydroxylation sites is 1. The predicted molar refractivity (Wildman–Crippen MR) is 65.5 cm³/mol. The van der Waals surface area contributed by atoms with Gasteiger partial charge in [-0.25, -0.2) is 5.43 Å². The van der Waals surface area contributed by atoms with Crippen LogP contribution in [0, 0.1) is 0 Å². The number of aldehydes is 1. The largest absolute Gasteiger partial charge is 0.307 e. The first kappa shape index (κ1) is 11.1. The number of rotatable bonds is 3. The molecule has 0 aliphatic carbocycles. The van der Waals surface area contributed by atoms with Crippen LogP contribution in [0.2, 0.25) is 0 Å². The zero-order valence-electron chi connectivity index (χ0n) is 9.81. The van der Waals surface area contributed by atoms with Crippen molar-refractivity contribution in [2.24, 2.45) is 0 Å². The molecule has 1 heterocycles. The third-order valence-corrected chi connectivity index (χ3v) is 3.00. The lowest BCUT2D eigenvalue weighted by Gasteiger charge is -2.23. The molecule has 1 saturated heterocycles. The van der Waals surface area contributed by atoms with E-state index < -0.39 is 0 Å². The van der Waals surface area contributed by atoms with Gasteiger partial charge in [-0.1, -0.05) is 32.0 Å². The van der Waals surface area contributed by atoms with Gasteiger partial charge in [0.1, 0.15) is 6.29 Å². The standard InChI is InChI=1S/C13H18N2O/c1-10(2)12-5-3-4-6-13(12)15-8-7-11(9-16)14-15/h3-6,9-11,14H,7-8H2,1-2H3. The highest BCUT2D eigenvalue weighted by atomic mass is 16.1. The van der Waals surface area contributed by atoms with E-state index in [4.69, 9.17) is 0 Å². The molecule has 0 radical (unpaired) electrons. The van der Waals surface area contributed by atoms with Crippen LogP contribution in [0.25, 0.3) is 0 Å². The van der Waals surface area contributed by atoms with Gasteiger partial charge in [-0.15, -0.1) is 0 Å². The average Bonchev–Trinajstić information content (AvgIpc) is 2.77. The molecule has 3 nitrogen and oxygen atoms in total. The molecular formula is C13H18N2O. The van der Waals surface area contributed by atoms with Gasteiger partial charge in [-0.3, -0.25) is 0 Å². The number of nitrogens with zero attached hydrogens (tertiary/aromatic N) is 1. The van der Waals surface area contributed by atoms with Crippen LogP contribution in [0.15, 0.2) is 24.3 Å². The molecule has 0 aromatic heterocycles. The van der Waals surface area contributed by atoms with Crippen LogP contribution in [0.3, 0.4) is 0 Å². The van der Waals surface area contributed by atoms with Gasteiger partial charge in [0.2, 0.25) is 0 Å². The van der Waals surface area contributed by atoms with Gasteiger partial charge in [0.25, 0.3) is 0 Å². The monoisotopic (exact) mass is 218 g/mol. The fourth-order valence-corrected chi connectivity index (χ4v) is 2.11. The Kier molecular flexibility index (Phi) is 3.25. The van der Waals surface area contributed by atoms with E-state index in [1.165, 1.54) is 11.3 Å². The second-order valence-electron chi connectivity index (χ2n) is 4.53. The highest BCUT2D eigenvalue weighted by Gasteiger charge is 2.23. The Balaban J connectivity index is 2.24. The number of carbonyl (C=O) groups is 1. The topological polar surface area (TPSA) is 32.3 Å². The average molecular weight is 218 g/mol. The summed E-state index contributed by atoms with van der Waals surface area (Å²) in [6.07, 6.45) is 1.87. The van der Waals surface area contributed by atoms with E-state index in [1.54, 1.807) is 0 Å². The fourth-order valence-electron chi connectivity index (χ4n) is 2.11. The number of carbonyl (C=O) groups excluding carboxylic acids is 1. The molecule has 86 valence electrons. The molecule has 1 N–H and O–H groups in total.